The van der Waals surface area contributed by atoms with E-state index < -0.39 is 22.0 Å². The van der Waals surface area contributed by atoms with E-state index >= 15 is 0 Å². The Labute approximate surface area is 188 Å². The van der Waals surface area contributed by atoms with E-state index in [9.17, 15) is 18.0 Å². The molecule has 2 aliphatic rings. The molecule has 2 aromatic rings. The monoisotopic (exact) mass is 457 g/mol. The summed E-state index contributed by atoms with van der Waals surface area (Å²) >= 11 is 0. The first-order valence-electron chi connectivity index (χ1n) is 10.6. The summed E-state index contributed by atoms with van der Waals surface area (Å²) in [6.07, 6.45) is 0.517. The number of anilines is 2. The predicted octanol–water partition coefficient (Wildman–Crippen LogP) is 3.06. The van der Waals surface area contributed by atoms with Crippen LogP contribution in [0.25, 0.3) is 0 Å². The van der Waals surface area contributed by atoms with E-state index in [0.29, 0.717) is 42.1 Å². The van der Waals surface area contributed by atoms with Gasteiger partial charge in [-0.3, -0.25) is 9.59 Å². The second-order valence-electron chi connectivity index (χ2n) is 8.42. The van der Waals surface area contributed by atoms with Gasteiger partial charge in [0.1, 0.15) is 5.75 Å². The van der Waals surface area contributed by atoms with Crippen LogP contribution in [-0.4, -0.2) is 43.7 Å². The SMILES string of the molecule is Cc1ccc(NC(=O)[C@H]2CCCN(S(=O)(=O)c3cc4c(cc3C)NC(=O)[C@H](C)O4)C2)cc1. The topological polar surface area (TPSA) is 105 Å². The van der Waals surface area contributed by atoms with E-state index in [1.54, 1.807) is 19.9 Å². The molecule has 0 saturated carbocycles. The Kier molecular flexibility index (Phi) is 5.96. The first-order valence-corrected chi connectivity index (χ1v) is 12.1. The molecule has 2 heterocycles. The van der Waals surface area contributed by atoms with Gasteiger partial charge in [0.15, 0.2) is 6.10 Å². The van der Waals surface area contributed by atoms with Crippen LogP contribution < -0.4 is 15.4 Å². The number of hydrogen-bond donors (Lipinski definition) is 2. The van der Waals surface area contributed by atoms with Crippen LogP contribution in [0.4, 0.5) is 11.4 Å². The Morgan fingerprint density at radius 2 is 1.91 bits per heavy atom. The highest BCUT2D eigenvalue weighted by molar-refractivity contribution is 7.89. The molecule has 9 heteroatoms. The Hall–Kier alpha value is -2.91. The highest BCUT2D eigenvalue weighted by Crippen LogP contribution is 2.36. The second kappa shape index (κ2) is 8.55. The van der Waals surface area contributed by atoms with Gasteiger partial charge in [0.2, 0.25) is 15.9 Å². The third-order valence-corrected chi connectivity index (χ3v) is 7.91. The van der Waals surface area contributed by atoms with Crippen LogP contribution in [0.3, 0.4) is 0 Å². The molecule has 32 heavy (non-hydrogen) atoms. The summed E-state index contributed by atoms with van der Waals surface area (Å²) in [6, 6.07) is 10.6. The van der Waals surface area contributed by atoms with Crippen molar-refractivity contribution in [2.75, 3.05) is 23.7 Å². The van der Waals surface area contributed by atoms with E-state index in [2.05, 4.69) is 10.6 Å². The van der Waals surface area contributed by atoms with Gasteiger partial charge in [0.25, 0.3) is 5.91 Å². The fourth-order valence-corrected chi connectivity index (χ4v) is 5.76. The molecule has 0 aliphatic carbocycles. The van der Waals surface area contributed by atoms with E-state index in [-0.39, 0.29) is 23.3 Å². The van der Waals surface area contributed by atoms with Gasteiger partial charge in [-0.05, 0) is 57.4 Å². The molecule has 4 rings (SSSR count). The molecule has 2 N–H and O–H groups in total. The fraction of sp³-hybridized carbons (Fsp3) is 0.391. The van der Waals surface area contributed by atoms with Gasteiger partial charge >= 0.3 is 0 Å². The molecule has 2 atom stereocenters. The largest absolute Gasteiger partial charge is 0.479 e. The number of sulfonamides is 1. The maximum Gasteiger partial charge on any atom is 0.265 e. The van der Waals surface area contributed by atoms with Crippen LogP contribution in [0.2, 0.25) is 0 Å². The summed E-state index contributed by atoms with van der Waals surface area (Å²) in [5.74, 6) is -0.568. The Balaban J connectivity index is 1.54. The van der Waals surface area contributed by atoms with Gasteiger partial charge < -0.3 is 15.4 Å². The number of carbonyl (C=O) groups is 2. The number of hydrogen-bond acceptors (Lipinski definition) is 5. The first kappa shape index (κ1) is 22.3. The van der Waals surface area contributed by atoms with Gasteiger partial charge in [-0.2, -0.15) is 4.31 Å². The molecule has 0 aromatic heterocycles. The summed E-state index contributed by atoms with van der Waals surface area (Å²) in [7, 11) is -3.84. The first-order chi connectivity index (χ1) is 15.1. The minimum absolute atomic E-state index is 0.116. The highest BCUT2D eigenvalue weighted by atomic mass is 32.2. The smallest absolute Gasteiger partial charge is 0.265 e. The lowest BCUT2D eigenvalue weighted by Gasteiger charge is -2.32. The molecule has 0 bridgehead atoms. The number of ether oxygens (including phenoxy) is 1. The molecule has 0 radical (unpaired) electrons. The average Bonchev–Trinajstić information content (AvgIpc) is 2.76. The van der Waals surface area contributed by atoms with Crippen LogP contribution >= 0.6 is 0 Å². The van der Waals surface area contributed by atoms with Gasteiger partial charge in [-0.25, -0.2) is 8.42 Å². The fourth-order valence-electron chi connectivity index (χ4n) is 4.02. The average molecular weight is 458 g/mol. The van der Waals surface area contributed by atoms with Crippen LogP contribution in [0.15, 0.2) is 41.3 Å². The van der Waals surface area contributed by atoms with E-state index in [1.807, 2.05) is 31.2 Å². The van der Waals surface area contributed by atoms with Crippen LogP contribution in [0, 0.1) is 19.8 Å². The summed E-state index contributed by atoms with van der Waals surface area (Å²) in [5, 5.41) is 5.62. The lowest BCUT2D eigenvalue weighted by molar-refractivity contribution is -0.123. The zero-order valence-corrected chi connectivity index (χ0v) is 19.2. The Bertz CT molecular complexity index is 1160. The number of nitrogens with one attached hydrogen (secondary N) is 2. The molecule has 170 valence electrons. The summed E-state index contributed by atoms with van der Waals surface area (Å²) in [4.78, 5) is 24.8. The standard InChI is InChI=1S/C23H27N3O5S/c1-14-6-8-18(9-7-14)24-23(28)17-5-4-10-26(13-17)32(29,30)21-12-20-19(11-15(21)2)25-22(27)16(3)31-20/h6-9,11-12,16-17H,4-5,10,13H2,1-3H3,(H,24,28)(H,25,27)/t16-,17-/m0/s1. The molecule has 2 aromatic carbocycles. The van der Waals surface area contributed by atoms with Gasteiger partial charge in [0.05, 0.1) is 16.5 Å². The third kappa shape index (κ3) is 4.35. The molecule has 1 fully saturated rings. The van der Waals surface area contributed by atoms with Gasteiger partial charge in [0, 0.05) is 24.8 Å². The number of fused-ring (bicyclic) bond motifs is 1. The lowest BCUT2D eigenvalue weighted by Crippen LogP contribution is -2.44. The number of rotatable bonds is 4. The summed E-state index contributed by atoms with van der Waals surface area (Å²) < 4.78 is 33.9. The third-order valence-electron chi connectivity index (χ3n) is 5.90. The molecular weight excluding hydrogens is 430 g/mol. The Morgan fingerprint density at radius 3 is 2.62 bits per heavy atom. The van der Waals surface area contributed by atoms with Crippen molar-refractivity contribution in [1.29, 1.82) is 0 Å². The molecule has 0 unspecified atom stereocenters. The maximum atomic E-state index is 13.5. The molecule has 1 saturated heterocycles. The summed E-state index contributed by atoms with van der Waals surface area (Å²) in [5.41, 5.74) is 2.75. The van der Waals surface area contributed by atoms with Crippen molar-refractivity contribution in [3.8, 4) is 5.75 Å². The summed E-state index contributed by atoms with van der Waals surface area (Å²) in [6.45, 7) is 5.72. The minimum atomic E-state index is -3.84. The second-order valence-corrected chi connectivity index (χ2v) is 10.3. The molecule has 2 amide bonds. The molecule has 0 spiro atoms. The predicted molar refractivity (Wildman–Crippen MR) is 121 cm³/mol. The number of carbonyl (C=O) groups excluding carboxylic acids is 2. The van der Waals surface area contributed by atoms with Crippen molar-refractivity contribution in [3.63, 3.8) is 0 Å². The van der Waals surface area contributed by atoms with Crippen molar-refractivity contribution >= 4 is 33.2 Å². The van der Waals surface area contributed by atoms with E-state index in [4.69, 9.17) is 4.74 Å². The molecule has 8 nitrogen and oxygen atoms in total. The molecular formula is C23H27N3O5S. The number of benzene rings is 2. The number of piperidine rings is 1. The highest BCUT2D eigenvalue weighted by Gasteiger charge is 2.35. The van der Waals surface area contributed by atoms with Crippen LogP contribution in [0.1, 0.15) is 30.9 Å². The quantitative estimate of drug-likeness (QED) is 0.734. The van der Waals surface area contributed by atoms with E-state index in [0.717, 1.165) is 5.56 Å². The number of amides is 2. The maximum absolute atomic E-state index is 13.5. The van der Waals surface area contributed by atoms with Crippen molar-refractivity contribution < 1.29 is 22.7 Å². The minimum Gasteiger partial charge on any atom is -0.479 e. The zero-order valence-electron chi connectivity index (χ0n) is 18.3. The normalized spacial score (nSPS) is 21.3. The van der Waals surface area contributed by atoms with E-state index in [1.165, 1.54) is 10.4 Å². The number of nitrogens with zero attached hydrogens (tertiary/aromatic N) is 1. The lowest BCUT2D eigenvalue weighted by atomic mass is 9.98. The number of aryl methyl sites for hydroxylation is 2. The molecule has 2 aliphatic heterocycles. The van der Waals surface area contributed by atoms with Crippen molar-refractivity contribution in [2.45, 2.75) is 44.6 Å². The zero-order chi connectivity index (χ0) is 23.0. The van der Waals surface area contributed by atoms with Crippen LogP contribution in [0.5, 0.6) is 5.75 Å². The van der Waals surface area contributed by atoms with Gasteiger partial charge in [-0.15, -0.1) is 0 Å². The van der Waals surface area contributed by atoms with Crippen molar-refractivity contribution in [1.82, 2.24) is 4.31 Å². The van der Waals surface area contributed by atoms with Crippen molar-refractivity contribution in [3.05, 3.63) is 47.5 Å². The van der Waals surface area contributed by atoms with Gasteiger partial charge in [-0.1, -0.05) is 17.7 Å². The van der Waals surface area contributed by atoms with Crippen LogP contribution in [-0.2, 0) is 19.6 Å². The van der Waals surface area contributed by atoms with Crippen molar-refractivity contribution in [2.24, 2.45) is 5.92 Å². The Morgan fingerprint density at radius 1 is 1.19 bits per heavy atom.